The van der Waals surface area contributed by atoms with E-state index in [1.165, 1.54) is 6.42 Å². The predicted octanol–water partition coefficient (Wildman–Crippen LogP) is 3.34. The lowest BCUT2D eigenvalue weighted by molar-refractivity contribution is 0.0164. The molecule has 0 saturated heterocycles. The van der Waals surface area contributed by atoms with Crippen LogP contribution < -0.4 is 0 Å². The van der Waals surface area contributed by atoms with Gasteiger partial charge in [0.25, 0.3) is 0 Å². The molecule has 12 heavy (non-hydrogen) atoms. The highest BCUT2D eigenvalue weighted by molar-refractivity contribution is 4.70. The molecule has 0 aromatic carbocycles. The Morgan fingerprint density at radius 3 is 1.75 bits per heavy atom. The van der Waals surface area contributed by atoms with E-state index in [1.54, 1.807) is 0 Å². The van der Waals surface area contributed by atoms with Gasteiger partial charge < -0.3 is 4.74 Å². The number of ether oxygens (including phenoxy) is 1. The number of rotatable bonds is 5. The summed E-state index contributed by atoms with van der Waals surface area (Å²) in [5, 5.41) is 0. The maximum atomic E-state index is 5.47. The fraction of sp³-hybridized carbons (Fsp3) is 1.00. The molecule has 0 heterocycles. The summed E-state index contributed by atoms with van der Waals surface area (Å²) >= 11 is 0. The molecule has 0 aliphatic heterocycles. The fourth-order valence-corrected chi connectivity index (χ4v) is 2.04. The van der Waals surface area contributed by atoms with Crippen LogP contribution in [0.4, 0.5) is 0 Å². The average molecular weight is 172 g/mol. The van der Waals surface area contributed by atoms with Crippen LogP contribution in [0.2, 0.25) is 0 Å². The minimum atomic E-state index is 0.424. The Balaban J connectivity index is 3.94. The van der Waals surface area contributed by atoms with Crippen molar-refractivity contribution in [1.82, 2.24) is 0 Å². The fourth-order valence-electron chi connectivity index (χ4n) is 2.04. The van der Waals surface area contributed by atoms with E-state index in [1.807, 2.05) is 7.11 Å². The summed E-state index contributed by atoms with van der Waals surface area (Å²) in [6.07, 6.45) is 1.68. The Kier molecular flexibility index (Phi) is 5.56. The van der Waals surface area contributed by atoms with Gasteiger partial charge in [-0.3, -0.25) is 0 Å². The van der Waals surface area contributed by atoms with E-state index in [0.717, 1.165) is 5.92 Å². The minimum absolute atomic E-state index is 0.424. The van der Waals surface area contributed by atoms with Gasteiger partial charge in [0.15, 0.2) is 0 Å². The molecule has 0 aliphatic rings. The van der Waals surface area contributed by atoms with Crippen LogP contribution in [-0.4, -0.2) is 13.2 Å². The predicted molar refractivity (Wildman–Crippen MR) is 54.3 cm³/mol. The number of hydrogen-bond acceptors (Lipinski definition) is 1. The van der Waals surface area contributed by atoms with Gasteiger partial charge in [-0.1, -0.05) is 34.6 Å². The third-order valence-corrected chi connectivity index (χ3v) is 2.33. The summed E-state index contributed by atoms with van der Waals surface area (Å²) in [7, 11) is 1.82. The molecule has 74 valence electrons. The van der Waals surface area contributed by atoms with E-state index >= 15 is 0 Å². The standard InChI is InChI=1S/C11H24O/c1-8(2)7-10(5)11(12-6)9(3)4/h8-11H,7H2,1-6H3/t10-,11-/m0/s1. The van der Waals surface area contributed by atoms with Crippen LogP contribution in [0.3, 0.4) is 0 Å². The van der Waals surface area contributed by atoms with Gasteiger partial charge in [0.1, 0.15) is 0 Å². The van der Waals surface area contributed by atoms with Crippen molar-refractivity contribution in [2.45, 2.75) is 47.1 Å². The topological polar surface area (TPSA) is 9.23 Å². The van der Waals surface area contributed by atoms with Gasteiger partial charge >= 0.3 is 0 Å². The number of hydrogen-bond donors (Lipinski definition) is 0. The summed E-state index contributed by atoms with van der Waals surface area (Å²) in [6.45, 7) is 11.3. The van der Waals surface area contributed by atoms with E-state index in [2.05, 4.69) is 34.6 Å². The van der Waals surface area contributed by atoms with Crippen molar-refractivity contribution in [1.29, 1.82) is 0 Å². The zero-order chi connectivity index (χ0) is 9.72. The molecule has 2 atom stereocenters. The molecular weight excluding hydrogens is 148 g/mol. The molecule has 0 amide bonds. The van der Waals surface area contributed by atoms with Crippen LogP contribution in [0, 0.1) is 17.8 Å². The molecule has 0 bridgehead atoms. The van der Waals surface area contributed by atoms with E-state index in [-0.39, 0.29) is 0 Å². The summed E-state index contributed by atoms with van der Waals surface area (Å²) in [6, 6.07) is 0. The Hall–Kier alpha value is -0.0400. The van der Waals surface area contributed by atoms with Crippen molar-refractivity contribution in [2.24, 2.45) is 17.8 Å². The van der Waals surface area contributed by atoms with Gasteiger partial charge in [0.2, 0.25) is 0 Å². The SMILES string of the molecule is CO[C@@H](C(C)C)[C@@H](C)CC(C)C. The summed E-state index contributed by atoms with van der Waals surface area (Å²) in [5.74, 6) is 2.08. The molecule has 0 fully saturated rings. The first-order valence-electron chi connectivity index (χ1n) is 5.01. The van der Waals surface area contributed by atoms with Gasteiger partial charge in [-0.2, -0.15) is 0 Å². The lowest BCUT2D eigenvalue weighted by atomic mass is 9.88. The van der Waals surface area contributed by atoms with Crippen molar-refractivity contribution in [3.8, 4) is 0 Å². The van der Waals surface area contributed by atoms with E-state index < -0.39 is 0 Å². The quantitative estimate of drug-likeness (QED) is 0.618. The van der Waals surface area contributed by atoms with E-state index in [0.29, 0.717) is 17.9 Å². The first-order chi connectivity index (χ1) is 5.49. The normalized spacial score (nSPS) is 17.0. The smallest absolute Gasteiger partial charge is 0.0619 e. The molecule has 0 spiro atoms. The second kappa shape index (κ2) is 5.58. The molecular formula is C11H24O. The van der Waals surface area contributed by atoms with Gasteiger partial charge in [-0.05, 0) is 24.2 Å². The minimum Gasteiger partial charge on any atom is -0.381 e. The molecule has 0 aromatic rings. The average Bonchev–Trinajstić information content (AvgIpc) is 1.85. The second-order valence-electron chi connectivity index (χ2n) is 4.55. The van der Waals surface area contributed by atoms with E-state index in [9.17, 15) is 0 Å². The first kappa shape index (κ1) is 12.0. The Labute approximate surface area is 77.5 Å². The second-order valence-corrected chi connectivity index (χ2v) is 4.55. The van der Waals surface area contributed by atoms with Crippen LogP contribution in [0.25, 0.3) is 0 Å². The lowest BCUT2D eigenvalue weighted by Gasteiger charge is -2.27. The number of methoxy groups -OCH3 is 1. The highest BCUT2D eigenvalue weighted by Crippen LogP contribution is 2.22. The molecule has 0 unspecified atom stereocenters. The first-order valence-corrected chi connectivity index (χ1v) is 5.01. The van der Waals surface area contributed by atoms with Gasteiger partial charge in [0.05, 0.1) is 6.10 Å². The highest BCUT2D eigenvalue weighted by Gasteiger charge is 2.20. The maximum absolute atomic E-state index is 5.47. The van der Waals surface area contributed by atoms with Crippen molar-refractivity contribution >= 4 is 0 Å². The maximum Gasteiger partial charge on any atom is 0.0619 e. The van der Waals surface area contributed by atoms with Crippen molar-refractivity contribution in [2.75, 3.05) is 7.11 Å². The Morgan fingerprint density at radius 1 is 1.00 bits per heavy atom. The van der Waals surface area contributed by atoms with Crippen molar-refractivity contribution < 1.29 is 4.74 Å². The zero-order valence-electron chi connectivity index (χ0n) is 9.42. The summed E-state index contributed by atoms with van der Waals surface area (Å²) in [4.78, 5) is 0. The third kappa shape index (κ3) is 4.10. The molecule has 0 aromatic heterocycles. The Bertz CT molecular complexity index is 108. The highest BCUT2D eigenvalue weighted by atomic mass is 16.5. The van der Waals surface area contributed by atoms with Crippen LogP contribution in [0.15, 0.2) is 0 Å². The van der Waals surface area contributed by atoms with Gasteiger partial charge in [-0.15, -0.1) is 0 Å². The van der Waals surface area contributed by atoms with E-state index in [4.69, 9.17) is 4.74 Å². The van der Waals surface area contributed by atoms with Crippen LogP contribution in [0.5, 0.6) is 0 Å². The van der Waals surface area contributed by atoms with Gasteiger partial charge in [0, 0.05) is 7.11 Å². The van der Waals surface area contributed by atoms with Crippen LogP contribution in [-0.2, 0) is 4.74 Å². The van der Waals surface area contributed by atoms with Crippen LogP contribution in [0.1, 0.15) is 41.0 Å². The van der Waals surface area contributed by atoms with Gasteiger partial charge in [-0.25, -0.2) is 0 Å². The molecule has 0 rings (SSSR count). The molecule has 0 radical (unpaired) electrons. The zero-order valence-corrected chi connectivity index (χ0v) is 9.42. The molecule has 0 N–H and O–H groups in total. The van der Waals surface area contributed by atoms with Crippen LogP contribution >= 0.6 is 0 Å². The monoisotopic (exact) mass is 172 g/mol. The summed E-state index contributed by atoms with van der Waals surface area (Å²) in [5.41, 5.74) is 0. The molecule has 0 aliphatic carbocycles. The van der Waals surface area contributed by atoms with Crippen molar-refractivity contribution in [3.05, 3.63) is 0 Å². The largest absolute Gasteiger partial charge is 0.381 e. The van der Waals surface area contributed by atoms with Crippen molar-refractivity contribution in [3.63, 3.8) is 0 Å². The molecule has 1 heteroatoms. The lowest BCUT2D eigenvalue weighted by Crippen LogP contribution is -2.27. The molecule has 0 saturated carbocycles. The third-order valence-electron chi connectivity index (χ3n) is 2.33. The summed E-state index contributed by atoms with van der Waals surface area (Å²) < 4.78 is 5.47. The molecule has 1 nitrogen and oxygen atoms in total. The Morgan fingerprint density at radius 2 is 1.50 bits per heavy atom.